The summed E-state index contributed by atoms with van der Waals surface area (Å²) in [5.74, 6) is 0.380. The maximum absolute atomic E-state index is 13.1. The Labute approximate surface area is 183 Å². The number of hydrogen-bond donors (Lipinski definition) is 1. The molecule has 0 spiro atoms. The molecule has 0 saturated carbocycles. The average Bonchev–Trinajstić information content (AvgIpc) is 3.21. The zero-order valence-corrected chi connectivity index (χ0v) is 18.2. The van der Waals surface area contributed by atoms with Gasteiger partial charge in [0.05, 0.1) is 5.92 Å². The van der Waals surface area contributed by atoms with Crippen molar-refractivity contribution in [3.05, 3.63) is 48.3 Å². The molecule has 0 radical (unpaired) electrons. The summed E-state index contributed by atoms with van der Waals surface area (Å²) in [5.41, 5.74) is 1.18. The number of nitrogens with zero attached hydrogens (tertiary/aromatic N) is 5. The lowest BCUT2D eigenvalue weighted by Crippen LogP contribution is -2.57. The Morgan fingerprint density at radius 1 is 1.13 bits per heavy atom. The van der Waals surface area contributed by atoms with Crippen LogP contribution in [0.2, 0.25) is 0 Å². The van der Waals surface area contributed by atoms with Crippen molar-refractivity contribution in [2.45, 2.75) is 44.7 Å². The minimum atomic E-state index is -0.120. The molecule has 166 valence electrons. The molecule has 31 heavy (non-hydrogen) atoms. The number of imidazole rings is 1. The number of hydrogen-bond acceptors (Lipinski definition) is 5. The van der Waals surface area contributed by atoms with Crippen LogP contribution in [0.4, 0.5) is 0 Å². The second-order valence-electron chi connectivity index (χ2n) is 8.61. The summed E-state index contributed by atoms with van der Waals surface area (Å²) >= 11 is 0. The Morgan fingerprint density at radius 3 is 2.71 bits per heavy atom. The Balaban J connectivity index is 1.59. The zero-order chi connectivity index (χ0) is 21.6. The maximum atomic E-state index is 13.1. The Morgan fingerprint density at radius 2 is 1.94 bits per heavy atom. The summed E-state index contributed by atoms with van der Waals surface area (Å²) in [7, 11) is 1.84. The van der Waals surface area contributed by atoms with E-state index in [2.05, 4.69) is 20.2 Å². The molecule has 2 saturated heterocycles. The number of carbonyl (C=O) groups excluding carboxylic acids is 2. The second-order valence-corrected chi connectivity index (χ2v) is 8.61. The van der Waals surface area contributed by atoms with Crippen LogP contribution in [0.25, 0.3) is 0 Å². The van der Waals surface area contributed by atoms with Crippen LogP contribution >= 0.6 is 0 Å². The van der Waals surface area contributed by atoms with Crippen molar-refractivity contribution in [3.8, 4) is 0 Å². The quantitative estimate of drug-likeness (QED) is 0.813. The van der Waals surface area contributed by atoms with E-state index in [9.17, 15) is 9.59 Å². The summed E-state index contributed by atoms with van der Waals surface area (Å²) < 4.78 is 1.76. The fourth-order valence-corrected chi connectivity index (χ4v) is 4.73. The molecular formula is C23H32N6O2. The van der Waals surface area contributed by atoms with Gasteiger partial charge in [-0.3, -0.25) is 19.5 Å². The van der Waals surface area contributed by atoms with Gasteiger partial charge < -0.3 is 14.8 Å². The van der Waals surface area contributed by atoms with Crippen LogP contribution in [0.15, 0.2) is 36.9 Å². The number of pyridine rings is 1. The van der Waals surface area contributed by atoms with Crippen molar-refractivity contribution in [1.82, 2.24) is 29.7 Å². The molecule has 0 aromatic carbocycles. The molecule has 2 aliphatic heterocycles. The zero-order valence-electron chi connectivity index (χ0n) is 18.2. The topological polar surface area (TPSA) is 83.4 Å². The highest BCUT2D eigenvalue weighted by Crippen LogP contribution is 2.26. The molecule has 2 atom stereocenters. The molecule has 8 nitrogen and oxygen atoms in total. The number of fused-ring (bicyclic) bond motifs is 1. The highest BCUT2D eigenvalue weighted by Gasteiger charge is 2.39. The monoisotopic (exact) mass is 424 g/mol. The average molecular weight is 425 g/mol. The number of carbonyl (C=O) groups is 2. The van der Waals surface area contributed by atoms with Crippen LogP contribution in [-0.2, 0) is 18.4 Å². The van der Waals surface area contributed by atoms with Gasteiger partial charge in [-0.15, -0.1) is 0 Å². The number of amides is 2. The van der Waals surface area contributed by atoms with Gasteiger partial charge in [0.25, 0.3) is 5.91 Å². The van der Waals surface area contributed by atoms with Gasteiger partial charge in [-0.2, -0.15) is 0 Å². The smallest absolute Gasteiger partial charge is 0.289 e. The van der Waals surface area contributed by atoms with Crippen LogP contribution in [0.1, 0.15) is 48.3 Å². The van der Waals surface area contributed by atoms with Crippen molar-refractivity contribution in [2.24, 2.45) is 13.0 Å². The number of nitrogens with one attached hydrogen (secondary N) is 1. The Bertz CT molecular complexity index is 883. The van der Waals surface area contributed by atoms with Crippen molar-refractivity contribution < 1.29 is 9.59 Å². The fourth-order valence-electron chi connectivity index (χ4n) is 4.73. The Hall–Kier alpha value is -2.74. The molecule has 4 heterocycles. The van der Waals surface area contributed by atoms with Crippen molar-refractivity contribution in [2.75, 3.05) is 26.2 Å². The van der Waals surface area contributed by atoms with Gasteiger partial charge in [0.2, 0.25) is 5.91 Å². The third kappa shape index (κ3) is 5.12. The number of aryl methyl sites for hydroxylation is 1. The maximum Gasteiger partial charge on any atom is 0.289 e. The summed E-state index contributed by atoms with van der Waals surface area (Å²) in [4.78, 5) is 38.9. The van der Waals surface area contributed by atoms with Crippen LogP contribution in [0.3, 0.4) is 0 Å². The molecule has 8 heteroatoms. The van der Waals surface area contributed by atoms with E-state index in [4.69, 9.17) is 0 Å². The van der Waals surface area contributed by atoms with E-state index in [-0.39, 0.29) is 23.8 Å². The van der Waals surface area contributed by atoms with Gasteiger partial charge in [0, 0.05) is 64.1 Å². The van der Waals surface area contributed by atoms with E-state index in [0.717, 1.165) is 45.3 Å². The van der Waals surface area contributed by atoms with Gasteiger partial charge in [0.1, 0.15) is 0 Å². The molecular weight excluding hydrogens is 392 g/mol. The number of piperidine rings is 1. The first-order valence-corrected chi connectivity index (χ1v) is 11.3. The van der Waals surface area contributed by atoms with Gasteiger partial charge in [-0.25, -0.2) is 4.98 Å². The second kappa shape index (κ2) is 10.0. The summed E-state index contributed by atoms with van der Waals surface area (Å²) in [5, 5.41) is 3.15. The first-order valence-electron chi connectivity index (χ1n) is 11.3. The number of likely N-dealkylation sites (tertiary alicyclic amines) is 1. The van der Waals surface area contributed by atoms with Crippen molar-refractivity contribution in [3.63, 3.8) is 0 Å². The number of aromatic nitrogens is 3. The largest absolute Gasteiger partial charge is 0.356 e. The summed E-state index contributed by atoms with van der Waals surface area (Å²) in [6, 6.07) is 4.03. The van der Waals surface area contributed by atoms with Gasteiger partial charge in [-0.1, -0.05) is 12.8 Å². The van der Waals surface area contributed by atoms with E-state index >= 15 is 0 Å². The third-order valence-corrected chi connectivity index (χ3v) is 6.49. The van der Waals surface area contributed by atoms with Gasteiger partial charge in [0.15, 0.2) is 5.82 Å². The third-order valence-electron chi connectivity index (χ3n) is 6.49. The molecule has 2 fully saturated rings. The van der Waals surface area contributed by atoms with Gasteiger partial charge in [-0.05, 0) is 43.5 Å². The molecule has 0 bridgehead atoms. The normalized spacial score (nSPS) is 23.5. The van der Waals surface area contributed by atoms with Crippen molar-refractivity contribution >= 4 is 11.8 Å². The summed E-state index contributed by atoms with van der Waals surface area (Å²) in [6.45, 7) is 3.52. The summed E-state index contributed by atoms with van der Waals surface area (Å²) in [6.07, 6.45) is 12.1. The molecule has 1 N–H and O–H groups in total. The highest BCUT2D eigenvalue weighted by molar-refractivity contribution is 5.91. The van der Waals surface area contributed by atoms with Crippen LogP contribution < -0.4 is 5.32 Å². The fraction of sp³-hybridized carbons (Fsp3) is 0.565. The molecule has 0 unspecified atom stereocenters. The van der Waals surface area contributed by atoms with Crippen molar-refractivity contribution in [1.29, 1.82) is 0 Å². The van der Waals surface area contributed by atoms with Gasteiger partial charge >= 0.3 is 0 Å². The molecule has 2 aliphatic rings. The molecule has 2 aromatic heterocycles. The SMILES string of the molecule is Cn1ccnc1C(=O)N1CC[C@H]2C(=O)NCCCCCCN(Cc3ccncc3)[C@@H]2C1. The van der Waals surface area contributed by atoms with Crippen LogP contribution in [-0.4, -0.2) is 68.4 Å². The molecule has 2 amide bonds. The van der Waals surface area contributed by atoms with E-state index in [1.807, 2.05) is 36.5 Å². The van der Waals surface area contributed by atoms with E-state index in [0.29, 0.717) is 25.3 Å². The Kier molecular flexibility index (Phi) is 6.96. The van der Waals surface area contributed by atoms with E-state index in [1.165, 1.54) is 5.56 Å². The lowest BCUT2D eigenvalue weighted by molar-refractivity contribution is -0.129. The standard InChI is InChI=1S/C23H32N6O2/c1-27-15-12-25-21(27)23(31)29-14-8-19-20(17-29)28(16-18-6-10-24-11-7-18)13-5-3-2-4-9-26-22(19)30/h6-7,10-12,15,19-20H,2-5,8-9,13-14,16-17H2,1H3,(H,26,30)/t19-,20-/m1/s1. The predicted molar refractivity (Wildman–Crippen MR) is 117 cm³/mol. The predicted octanol–water partition coefficient (Wildman–Crippen LogP) is 1.84. The minimum absolute atomic E-state index is 0.0239. The first kappa shape index (κ1) is 21.5. The van der Waals surface area contributed by atoms with E-state index in [1.54, 1.807) is 17.0 Å². The van der Waals surface area contributed by atoms with Crippen LogP contribution in [0.5, 0.6) is 0 Å². The first-order chi connectivity index (χ1) is 15.1. The highest BCUT2D eigenvalue weighted by atomic mass is 16.2. The lowest BCUT2D eigenvalue weighted by atomic mass is 9.88. The van der Waals surface area contributed by atoms with E-state index < -0.39 is 0 Å². The number of rotatable bonds is 3. The van der Waals surface area contributed by atoms with Crippen LogP contribution in [0, 0.1) is 5.92 Å². The minimum Gasteiger partial charge on any atom is -0.356 e. The molecule has 2 aromatic rings. The molecule has 0 aliphatic carbocycles. The molecule has 4 rings (SSSR count). The lowest BCUT2D eigenvalue weighted by Gasteiger charge is -2.43.